The largest absolute Gasteiger partial charge is 0.503 e. The Labute approximate surface area is 139 Å². The van der Waals surface area contributed by atoms with E-state index in [4.69, 9.17) is 0 Å². The molecule has 1 fully saturated rings. The second-order valence-corrected chi connectivity index (χ2v) is 5.32. The molecule has 20 heavy (non-hydrogen) atoms. The molecular formula is C19H24Ti-4. The van der Waals surface area contributed by atoms with Crippen LogP contribution in [0.5, 0.6) is 0 Å². The van der Waals surface area contributed by atoms with Gasteiger partial charge in [-0.15, -0.1) is 0 Å². The van der Waals surface area contributed by atoms with Gasteiger partial charge in [-0.25, -0.2) is 30.2 Å². The summed E-state index contributed by atoms with van der Waals surface area (Å²) in [6.07, 6.45) is 5.53. The fraction of sp³-hybridized carbons (Fsp3) is 0.316. The van der Waals surface area contributed by atoms with Gasteiger partial charge >= 0.3 is 0 Å². The predicted octanol–water partition coefficient (Wildman–Crippen LogP) is 5.42. The van der Waals surface area contributed by atoms with Crippen molar-refractivity contribution in [2.75, 3.05) is 0 Å². The van der Waals surface area contributed by atoms with Gasteiger partial charge < -0.3 is 12.5 Å². The van der Waals surface area contributed by atoms with E-state index in [0.717, 1.165) is 0 Å². The predicted molar refractivity (Wildman–Crippen MR) is 83.7 cm³/mol. The number of rotatable bonds is 1. The van der Waals surface area contributed by atoms with E-state index in [2.05, 4.69) is 33.3 Å². The SMILES string of the molecule is C[C-]=C(C)C1[CH-]C1(C)C.[Ti].c1cc[cH-]c1.c1cc[cH-]c1. The van der Waals surface area contributed by atoms with Gasteiger partial charge in [0.2, 0.25) is 0 Å². The monoisotopic (exact) mass is 300 g/mol. The molecule has 0 aromatic heterocycles. The molecule has 1 saturated carbocycles. The molecule has 0 heterocycles. The third-order valence-corrected chi connectivity index (χ3v) is 3.26. The first-order chi connectivity index (χ1) is 9.08. The van der Waals surface area contributed by atoms with Crippen LogP contribution in [0.4, 0.5) is 0 Å². The smallest absolute Gasteiger partial charge is 0 e. The molecule has 2 aromatic carbocycles. The summed E-state index contributed by atoms with van der Waals surface area (Å²) in [5.74, 6) is 0.711. The van der Waals surface area contributed by atoms with Crippen molar-refractivity contribution < 1.29 is 21.7 Å². The number of allylic oxidation sites excluding steroid dienone is 2. The Kier molecular flexibility index (Phi) is 9.54. The quantitative estimate of drug-likeness (QED) is 0.487. The molecule has 1 aliphatic rings. The molecule has 0 spiro atoms. The van der Waals surface area contributed by atoms with Crippen LogP contribution < -0.4 is 0 Å². The van der Waals surface area contributed by atoms with Gasteiger partial charge in [0.15, 0.2) is 0 Å². The van der Waals surface area contributed by atoms with Gasteiger partial charge in [0.25, 0.3) is 0 Å². The van der Waals surface area contributed by atoms with Gasteiger partial charge in [0, 0.05) is 21.7 Å². The normalized spacial score (nSPS) is 18.6. The van der Waals surface area contributed by atoms with Gasteiger partial charge in [0.05, 0.1) is 0 Å². The van der Waals surface area contributed by atoms with E-state index in [1.54, 1.807) is 0 Å². The minimum absolute atomic E-state index is 0. The Bertz CT molecular complexity index is 371. The van der Waals surface area contributed by atoms with Crippen molar-refractivity contribution in [3.8, 4) is 0 Å². The van der Waals surface area contributed by atoms with E-state index >= 15 is 0 Å². The summed E-state index contributed by atoms with van der Waals surface area (Å²) in [5, 5.41) is 0. The molecule has 3 rings (SSSR count). The molecule has 1 heteroatoms. The minimum atomic E-state index is 0. The Balaban J connectivity index is 0.000000282. The van der Waals surface area contributed by atoms with Gasteiger partial charge in [-0.2, -0.15) is 48.7 Å². The van der Waals surface area contributed by atoms with Gasteiger partial charge in [-0.1, -0.05) is 20.8 Å². The van der Waals surface area contributed by atoms with E-state index in [-0.39, 0.29) is 21.7 Å². The van der Waals surface area contributed by atoms with Crippen LogP contribution in [0.25, 0.3) is 0 Å². The van der Waals surface area contributed by atoms with E-state index < -0.39 is 0 Å². The van der Waals surface area contributed by atoms with Crippen molar-refractivity contribution in [3.05, 3.63) is 78.7 Å². The van der Waals surface area contributed by atoms with Crippen LogP contribution in [0.15, 0.2) is 66.2 Å². The summed E-state index contributed by atoms with van der Waals surface area (Å²) in [7, 11) is 0. The maximum absolute atomic E-state index is 3.17. The average molecular weight is 300 g/mol. The van der Waals surface area contributed by atoms with E-state index in [0.29, 0.717) is 11.3 Å². The summed E-state index contributed by atoms with van der Waals surface area (Å²) < 4.78 is 0. The maximum atomic E-state index is 3.17. The van der Waals surface area contributed by atoms with E-state index in [9.17, 15) is 0 Å². The molecule has 0 saturated heterocycles. The first kappa shape index (κ1) is 19.2. The summed E-state index contributed by atoms with van der Waals surface area (Å²) in [6.45, 7) is 8.66. The van der Waals surface area contributed by atoms with Gasteiger partial charge in [-0.05, 0) is 0 Å². The fourth-order valence-corrected chi connectivity index (χ4v) is 1.86. The Hall–Kier alpha value is -0.846. The third-order valence-electron chi connectivity index (χ3n) is 3.26. The van der Waals surface area contributed by atoms with Crippen LogP contribution in [-0.2, 0) is 21.7 Å². The Morgan fingerprint density at radius 3 is 1.40 bits per heavy atom. The Morgan fingerprint density at radius 2 is 1.30 bits per heavy atom. The molecule has 1 unspecified atom stereocenters. The van der Waals surface area contributed by atoms with Crippen LogP contribution >= 0.6 is 0 Å². The summed E-state index contributed by atoms with van der Waals surface area (Å²) in [6, 6.07) is 20.0. The summed E-state index contributed by atoms with van der Waals surface area (Å²) in [5.41, 5.74) is 1.85. The summed E-state index contributed by atoms with van der Waals surface area (Å²) >= 11 is 0. The van der Waals surface area contributed by atoms with Crippen LogP contribution in [0.2, 0.25) is 0 Å². The maximum Gasteiger partial charge on any atom is 0 e. The van der Waals surface area contributed by atoms with Crippen LogP contribution in [0.1, 0.15) is 27.7 Å². The molecule has 0 N–H and O–H groups in total. The Morgan fingerprint density at radius 1 is 0.950 bits per heavy atom. The average Bonchev–Trinajstić information content (AvgIpc) is 2.98. The van der Waals surface area contributed by atoms with Crippen molar-refractivity contribution in [1.82, 2.24) is 0 Å². The van der Waals surface area contributed by atoms with E-state index in [1.807, 2.05) is 67.6 Å². The second kappa shape index (κ2) is 9.96. The fourth-order valence-electron chi connectivity index (χ4n) is 1.86. The molecule has 0 nitrogen and oxygen atoms in total. The molecule has 0 bridgehead atoms. The molecule has 0 aliphatic heterocycles. The number of hydrogen-bond donors (Lipinski definition) is 0. The second-order valence-electron chi connectivity index (χ2n) is 5.32. The van der Waals surface area contributed by atoms with Crippen LogP contribution in [0, 0.1) is 23.8 Å². The molecule has 2 aromatic rings. The third kappa shape index (κ3) is 7.67. The van der Waals surface area contributed by atoms with Crippen molar-refractivity contribution >= 4 is 0 Å². The standard InChI is InChI=1S/C9H14.2C5H5.Ti/c1-5-7(2)8-6-9(8,3)4;2*1-2-4-5-3-1;/h6,8H,1-4H3;2*1-5H;/q-2;2*-1;. The topological polar surface area (TPSA) is 0 Å². The first-order valence-electron chi connectivity index (χ1n) is 6.78. The zero-order valence-corrected chi connectivity index (χ0v) is 14.5. The zero-order chi connectivity index (χ0) is 14.1. The van der Waals surface area contributed by atoms with Crippen LogP contribution in [0.3, 0.4) is 0 Å². The van der Waals surface area contributed by atoms with Gasteiger partial charge in [-0.3, -0.25) is 5.57 Å². The first-order valence-corrected chi connectivity index (χ1v) is 6.78. The van der Waals surface area contributed by atoms with Gasteiger partial charge in [0.1, 0.15) is 0 Å². The summed E-state index contributed by atoms with van der Waals surface area (Å²) in [4.78, 5) is 0. The minimum Gasteiger partial charge on any atom is -0.503 e. The molecule has 1 atom stereocenters. The van der Waals surface area contributed by atoms with Crippen molar-refractivity contribution in [2.24, 2.45) is 11.3 Å². The molecule has 0 radical (unpaired) electrons. The zero-order valence-electron chi connectivity index (χ0n) is 12.9. The number of hydrogen-bond acceptors (Lipinski definition) is 0. The molecule has 1 aliphatic carbocycles. The van der Waals surface area contributed by atoms with Crippen molar-refractivity contribution in [1.29, 1.82) is 0 Å². The van der Waals surface area contributed by atoms with Crippen molar-refractivity contribution in [2.45, 2.75) is 27.7 Å². The molecular weight excluding hydrogens is 276 g/mol. The van der Waals surface area contributed by atoms with Crippen LogP contribution in [-0.4, -0.2) is 0 Å². The molecule has 108 valence electrons. The van der Waals surface area contributed by atoms with Crippen molar-refractivity contribution in [3.63, 3.8) is 0 Å². The van der Waals surface area contributed by atoms with E-state index in [1.165, 1.54) is 5.57 Å². The molecule has 0 amide bonds.